The van der Waals surface area contributed by atoms with Gasteiger partial charge in [-0.05, 0) is 31.0 Å². The summed E-state index contributed by atoms with van der Waals surface area (Å²) in [6.07, 6.45) is 3.08. The van der Waals surface area contributed by atoms with Crippen molar-refractivity contribution in [3.63, 3.8) is 0 Å². The molecule has 0 aromatic carbocycles. The van der Waals surface area contributed by atoms with Gasteiger partial charge >= 0.3 is 0 Å². The van der Waals surface area contributed by atoms with Crippen molar-refractivity contribution in [1.82, 2.24) is 5.32 Å². The summed E-state index contributed by atoms with van der Waals surface area (Å²) in [5, 5.41) is 2.92. The highest BCUT2D eigenvalue weighted by molar-refractivity contribution is 5.95. The Morgan fingerprint density at radius 2 is 2.05 bits per heavy atom. The number of nitrogens with one attached hydrogen (secondary N) is 1. The van der Waals surface area contributed by atoms with E-state index in [0.717, 1.165) is 0 Å². The summed E-state index contributed by atoms with van der Waals surface area (Å²) in [4.78, 5) is 12.3. The SMILES string of the molecule is Cc1occc1C(=O)N[C@H](COCC(C)C)c1ccco1. The monoisotopic (exact) mass is 291 g/mol. The molecule has 0 unspecified atom stereocenters. The number of carbonyl (C=O) groups excluding carboxylic acids is 1. The van der Waals surface area contributed by atoms with Crippen molar-refractivity contribution < 1.29 is 18.4 Å². The largest absolute Gasteiger partial charge is 0.469 e. The third-order valence-corrected chi connectivity index (χ3v) is 3.03. The van der Waals surface area contributed by atoms with Crippen LogP contribution in [0.4, 0.5) is 0 Å². The molecule has 2 heterocycles. The molecule has 2 aromatic heterocycles. The summed E-state index contributed by atoms with van der Waals surface area (Å²) in [5.41, 5.74) is 0.524. The second-order valence-electron chi connectivity index (χ2n) is 5.36. The number of hydrogen-bond donors (Lipinski definition) is 1. The molecule has 0 saturated heterocycles. The Labute approximate surface area is 124 Å². The summed E-state index contributed by atoms with van der Waals surface area (Å²) >= 11 is 0. The zero-order valence-electron chi connectivity index (χ0n) is 12.6. The van der Waals surface area contributed by atoms with Gasteiger partial charge in [0, 0.05) is 6.61 Å². The number of ether oxygens (including phenoxy) is 1. The number of rotatable bonds is 7. The summed E-state index contributed by atoms with van der Waals surface area (Å²) in [5.74, 6) is 1.51. The molecule has 0 saturated carbocycles. The Hall–Kier alpha value is -2.01. The first-order valence-corrected chi connectivity index (χ1v) is 7.04. The van der Waals surface area contributed by atoms with Crippen LogP contribution in [0, 0.1) is 12.8 Å². The zero-order chi connectivity index (χ0) is 15.2. The van der Waals surface area contributed by atoms with E-state index in [1.165, 1.54) is 6.26 Å². The maximum absolute atomic E-state index is 12.3. The Kier molecular flexibility index (Phi) is 5.22. The van der Waals surface area contributed by atoms with Crippen molar-refractivity contribution in [3.8, 4) is 0 Å². The molecule has 0 aliphatic heterocycles. The Bertz CT molecular complexity index is 557. The van der Waals surface area contributed by atoms with Crippen LogP contribution in [0.2, 0.25) is 0 Å². The summed E-state index contributed by atoms with van der Waals surface area (Å²) in [6, 6.07) is 4.95. The van der Waals surface area contributed by atoms with Crippen LogP contribution in [0.25, 0.3) is 0 Å². The van der Waals surface area contributed by atoms with Crippen LogP contribution in [0.3, 0.4) is 0 Å². The quantitative estimate of drug-likeness (QED) is 0.850. The van der Waals surface area contributed by atoms with Gasteiger partial charge in [0.2, 0.25) is 0 Å². The molecule has 1 amide bonds. The van der Waals surface area contributed by atoms with Gasteiger partial charge < -0.3 is 18.9 Å². The normalized spacial score (nSPS) is 12.6. The highest BCUT2D eigenvalue weighted by Gasteiger charge is 2.20. The van der Waals surface area contributed by atoms with Crippen LogP contribution in [0.15, 0.2) is 39.6 Å². The average molecular weight is 291 g/mol. The third kappa shape index (κ3) is 4.23. The molecular formula is C16H21NO4. The van der Waals surface area contributed by atoms with Gasteiger partial charge in [-0.3, -0.25) is 4.79 Å². The molecule has 0 aliphatic rings. The minimum Gasteiger partial charge on any atom is -0.469 e. The highest BCUT2D eigenvalue weighted by Crippen LogP contribution is 2.17. The lowest BCUT2D eigenvalue weighted by Crippen LogP contribution is -2.31. The highest BCUT2D eigenvalue weighted by atomic mass is 16.5. The molecule has 0 radical (unpaired) electrons. The molecule has 5 nitrogen and oxygen atoms in total. The van der Waals surface area contributed by atoms with Gasteiger partial charge in [0.15, 0.2) is 0 Å². The van der Waals surface area contributed by atoms with E-state index in [1.807, 2.05) is 6.07 Å². The maximum atomic E-state index is 12.3. The molecule has 114 valence electrons. The second kappa shape index (κ2) is 7.13. The topological polar surface area (TPSA) is 64.6 Å². The van der Waals surface area contributed by atoms with Gasteiger partial charge in [-0.15, -0.1) is 0 Å². The summed E-state index contributed by atoms with van der Waals surface area (Å²) < 4.78 is 16.2. The van der Waals surface area contributed by atoms with Crippen LogP contribution in [0.1, 0.15) is 41.8 Å². The lowest BCUT2D eigenvalue weighted by Gasteiger charge is -2.17. The predicted octanol–water partition coefficient (Wildman–Crippen LogP) is 3.32. The van der Waals surface area contributed by atoms with Crippen LogP contribution < -0.4 is 5.32 Å². The molecule has 0 fully saturated rings. The van der Waals surface area contributed by atoms with Crippen LogP contribution >= 0.6 is 0 Å². The third-order valence-electron chi connectivity index (χ3n) is 3.03. The first kappa shape index (κ1) is 15.4. The molecular weight excluding hydrogens is 270 g/mol. The van der Waals surface area contributed by atoms with Crippen LogP contribution in [-0.2, 0) is 4.74 Å². The van der Waals surface area contributed by atoms with Gasteiger partial charge in [-0.1, -0.05) is 13.8 Å². The minimum atomic E-state index is -0.319. The van der Waals surface area contributed by atoms with Crippen molar-refractivity contribution in [2.75, 3.05) is 13.2 Å². The molecule has 1 atom stereocenters. The van der Waals surface area contributed by atoms with E-state index in [1.54, 1.807) is 25.3 Å². The summed E-state index contributed by atoms with van der Waals surface area (Å²) in [7, 11) is 0. The summed E-state index contributed by atoms with van der Waals surface area (Å²) in [6.45, 7) is 6.92. The molecule has 0 bridgehead atoms. The molecule has 1 N–H and O–H groups in total. The Morgan fingerprint density at radius 1 is 1.24 bits per heavy atom. The minimum absolute atomic E-state index is 0.198. The zero-order valence-corrected chi connectivity index (χ0v) is 12.6. The van der Waals surface area contributed by atoms with Gasteiger partial charge in [-0.25, -0.2) is 0 Å². The first-order chi connectivity index (χ1) is 10.1. The maximum Gasteiger partial charge on any atom is 0.255 e. The van der Waals surface area contributed by atoms with Gasteiger partial charge in [-0.2, -0.15) is 0 Å². The van der Waals surface area contributed by atoms with Crippen molar-refractivity contribution >= 4 is 5.91 Å². The van der Waals surface area contributed by atoms with Gasteiger partial charge in [0.25, 0.3) is 5.91 Å². The van der Waals surface area contributed by atoms with Crippen molar-refractivity contribution in [1.29, 1.82) is 0 Å². The van der Waals surface area contributed by atoms with E-state index in [9.17, 15) is 4.79 Å². The van der Waals surface area contributed by atoms with Gasteiger partial charge in [0.1, 0.15) is 17.6 Å². The molecule has 2 aromatic rings. The smallest absolute Gasteiger partial charge is 0.255 e. The molecule has 0 aliphatic carbocycles. The fraction of sp³-hybridized carbons (Fsp3) is 0.438. The lowest BCUT2D eigenvalue weighted by atomic mass is 10.2. The molecule has 5 heteroatoms. The fourth-order valence-electron chi connectivity index (χ4n) is 1.96. The van der Waals surface area contributed by atoms with E-state index in [2.05, 4.69) is 19.2 Å². The molecule has 21 heavy (non-hydrogen) atoms. The van der Waals surface area contributed by atoms with Crippen molar-refractivity contribution in [2.45, 2.75) is 26.8 Å². The molecule has 2 rings (SSSR count). The number of carbonyl (C=O) groups is 1. The Balaban J connectivity index is 2.02. The van der Waals surface area contributed by atoms with E-state index in [0.29, 0.717) is 36.2 Å². The second-order valence-corrected chi connectivity index (χ2v) is 5.36. The number of furan rings is 2. The molecule has 0 spiro atoms. The van der Waals surface area contributed by atoms with Crippen molar-refractivity contribution in [2.24, 2.45) is 5.92 Å². The first-order valence-electron chi connectivity index (χ1n) is 7.04. The van der Waals surface area contributed by atoms with Crippen molar-refractivity contribution in [3.05, 3.63) is 47.8 Å². The standard InChI is InChI=1S/C16H21NO4/c1-11(2)9-19-10-14(15-5-4-7-21-15)17-16(18)13-6-8-20-12(13)3/h4-8,11,14H,9-10H2,1-3H3,(H,17,18)/t14-/m1/s1. The van der Waals surface area contributed by atoms with E-state index < -0.39 is 0 Å². The van der Waals surface area contributed by atoms with Gasteiger partial charge in [0.05, 0.1) is 24.7 Å². The number of amides is 1. The van der Waals surface area contributed by atoms with E-state index in [4.69, 9.17) is 13.6 Å². The number of aryl methyl sites for hydroxylation is 1. The number of hydrogen-bond acceptors (Lipinski definition) is 4. The van der Waals surface area contributed by atoms with E-state index >= 15 is 0 Å². The fourth-order valence-corrected chi connectivity index (χ4v) is 1.96. The Morgan fingerprint density at radius 3 is 2.62 bits per heavy atom. The van der Waals surface area contributed by atoms with Crippen LogP contribution in [-0.4, -0.2) is 19.1 Å². The van der Waals surface area contributed by atoms with Crippen LogP contribution in [0.5, 0.6) is 0 Å². The average Bonchev–Trinajstić information content (AvgIpc) is 3.07. The predicted molar refractivity (Wildman–Crippen MR) is 78.0 cm³/mol. The lowest BCUT2D eigenvalue weighted by molar-refractivity contribution is 0.0729. The van der Waals surface area contributed by atoms with E-state index in [-0.39, 0.29) is 11.9 Å².